The molecule has 4 aliphatic carbocycles. The monoisotopic (exact) mass is 798 g/mol. The molecule has 0 aromatic carbocycles. The maximum atomic E-state index is 12.3. The Morgan fingerprint density at radius 3 is 2.09 bits per heavy atom. The van der Waals surface area contributed by atoms with Crippen LogP contribution in [0.2, 0.25) is 0 Å². The van der Waals surface area contributed by atoms with Crippen molar-refractivity contribution in [3.05, 3.63) is 11.6 Å². The third-order valence-corrected chi connectivity index (χ3v) is 16.9. The normalized spacial score (nSPS) is 55.8. The number of epoxide rings is 1. The minimum atomic E-state index is -1.70. The number of fused-ring (bicyclic) bond motifs is 5. The molecule has 14 heteroatoms. The fraction of sp³-hybridized carbons (Fsp3) is 0.952. The summed E-state index contributed by atoms with van der Waals surface area (Å²) in [7, 11) is 0. The second-order valence-electron chi connectivity index (χ2n) is 20.6. The van der Waals surface area contributed by atoms with Crippen molar-refractivity contribution in [2.45, 2.75) is 198 Å². The molecule has 3 saturated heterocycles. The summed E-state index contributed by atoms with van der Waals surface area (Å²) in [6.07, 6.45) is -11.4. The van der Waals surface area contributed by atoms with Gasteiger partial charge in [0.15, 0.2) is 12.6 Å². The molecular weight excluding hydrogens is 728 g/mol. The largest absolute Gasteiger partial charge is 0.394 e. The van der Waals surface area contributed by atoms with E-state index in [0.29, 0.717) is 25.7 Å². The van der Waals surface area contributed by atoms with Crippen LogP contribution in [0, 0.1) is 45.3 Å². The van der Waals surface area contributed by atoms with Gasteiger partial charge in [-0.25, -0.2) is 0 Å². The van der Waals surface area contributed by atoms with Gasteiger partial charge in [-0.15, -0.1) is 0 Å². The zero-order valence-electron chi connectivity index (χ0n) is 34.6. The lowest BCUT2D eigenvalue weighted by molar-refractivity contribution is -0.381. The van der Waals surface area contributed by atoms with Gasteiger partial charge < -0.3 is 69.6 Å². The molecule has 22 atom stereocenters. The van der Waals surface area contributed by atoms with E-state index in [4.69, 9.17) is 23.7 Å². The molecular formula is C42H70O14. The molecule has 7 rings (SSSR count). The third kappa shape index (κ3) is 6.59. The molecule has 7 aliphatic rings. The van der Waals surface area contributed by atoms with Crippen molar-refractivity contribution in [2.24, 2.45) is 45.3 Å². The summed E-state index contributed by atoms with van der Waals surface area (Å²) >= 11 is 0. The molecule has 3 heterocycles. The van der Waals surface area contributed by atoms with Gasteiger partial charge in [0, 0.05) is 0 Å². The Balaban J connectivity index is 1.25. The summed E-state index contributed by atoms with van der Waals surface area (Å²) in [6, 6.07) is 0. The summed E-state index contributed by atoms with van der Waals surface area (Å²) in [5.74, 6) is -0.281. The van der Waals surface area contributed by atoms with Gasteiger partial charge >= 0.3 is 0 Å². The van der Waals surface area contributed by atoms with Gasteiger partial charge in [-0.05, 0) is 112 Å². The predicted octanol–water partition coefficient (Wildman–Crippen LogP) is 1.13. The first-order chi connectivity index (χ1) is 25.9. The van der Waals surface area contributed by atoms with Gasteiger partial charge in [0.1, 0.15) is 54.9 Å². The van der Waals surface area contributed by atoms with Crippen molar-refractivity contribution < 1.29 is 69.6 Å². The van der Waals surface area contributed by atoms with E-state index in [1.165, 1.54) is 6.92 Å². The van der Waals surface area contributed by atoms with E-state index in [2.05, 4.69) is 27.7 Å². The third-order valence-electron chi connectivity index (χ3n) is 16.9. The van der Waals surface area contributed by atoms with Crippen LogP contribution in [0.15, 0.2) is 11.6 Å². The Hall–Kier alpha value is -0.820. The van der Waals surface area contributed by atoms with E-state index in [9.17, 15) is 46.0 Å². The molecule has 9 N–H and O–H groups in total. The van der Waals surface area contributed by atoms with Gasteiger partial charge in [0.05, 0.1) is 36.6 Å². The highest BCUT2D eigenvalue weighted by atomic mass is 16.8. The maximum Gasteiger partial charge on any atom is 0.187 e. The molecule has 0 amide bonds. The van der Waals surface area contributed by atoms with Crippen molar-refractivity contribution in [2.75, 3.05) is 6.61 Å². The van der Waals surface area contributed by atoms with E-state index in [-0.39, 0.29) is 40.8 Å². The predicted molar refractivity (Wildman–Crippen MR) is 200 cm³/mol. The number of hydrogen-bond acceptors (Lipinski definition) is 14. The number of rotatable bonds is 8. The summed E-state index contributed by atoms with van der Waals surface area (Å²) in [4.78, 5) is 0. The number of ether oxygens (including phenoxy) is 5. The second kappa shape index (κ2) is 14.7. The van der Waals surface area contributed by atoms with Crippen LogP contribution < -0.4 is 0 Å². The highest BCUT2D eigenvalue weighted by Gasteiger charge is 2.73. The average molecular weight is 799 g/mol. The fourth-order valence-corrected chi connectivity index (χ4v) is 13.5. The van der Waals surface area contributed by atoms with Crippen molar-refractivity contribution in [3.8, 4) is 0 Å². The smallest absolute Gasteiger partial charge is 0.187 e. The van der Waals surface area contributed by atoms with Crippen molar-refractivity contribution in [1.82, 2.24) is 0 Å². The summed E-state index contributed by atoms with van der Waals surface area (Å²) in [5.41, 5.74) is -1.19. The molecule has 14 nitrogen and oxygen atoms in total. The second-order valence-corrected chi connectivity index (χ2v) is 20.6. The highest BCUT2D eigenvalue weighted by molar-refractivity contribution is 5.25. The first-order valence-corrected chi connectivity index (χ1v) is 21.0. The lowest BCUT2D eigenvalue weighted by Gasteiger charge is -2.72. The molecule has 4 saturated carbocycles. The number of allylic oxidation sites excluding steroid dienone is 1. The standard InChI is InChI=1S/C42H70O14/c1-18(14-22(45)35-39(5,6)56-35)20-10-13-41(8)27(20)21(44)15-25-40(7)12-11-26(46)38(3,4)34(40)23(16-42(25,41)9)53-37-33(31(50)29(48)24(17-43)54-37)55-36-32(51)30(49)28(47)19(2)52-36/h14,19-37,43-51H,10-13,15-17H2,1-9H3/b18-14+/t19-,20+,21+,22?,23-,24+,25+,26-,27-,28-,29+,30+,31-,32+,33+,34-,35?,36-,37+,40+,41+,42+/m0/s1. The lowest BCUT2D eigenvalue weighted by Crippen LogP contribution is -2.71. The van der Waals surface area contributed by atoms with Gasteiger partial charge in [-0.3, -0.25) is 0 Å². The molecule has 3 aliphatic heterocycles. The van der Waals surface area contributed by atoms with Crippen LogP contribution in [0.25, 0.3) is 0 Å². The van der Waals surface area contributed by atoms with E-state index in [0.717, 1.165) is 18.4 Å². The molecule has 0 radical (unpaired) electrons. The van der Waals surface area contributed by atoms with Crippen LogP contribution in [-0.2, 0) is 23.7 Å². The van der Waals surface area contributed by atoms with Gasteiger partial charge in [-0.1, -0.05) is 46.3 Å². The van der Waals surface area contributed by atoms with Gasteiger partial charge in [0.25, 0.3) is 0 Å². The Morgan fingerprint density at radius 2 is 1.46 bits per heavy atom. The first-order valence-electron chi connectivity index (χ1n) is 21.0. The Labute approximate surface area is 331 Å². The zero-order chi connectivity index (χ0) is 41.2. The van der Waals surface area contributed by atoms with E-state index in [1.54, 1.807) is 0 Å². The minimum Gasteiger partial charge on any atom is -0.394 e. The van der Waals surface area contributed by atoms with Crippen LogP contribution in [-0.4, -0.2) is 150 Å². The zero-order valence-corrected chi connectivity index (χ0v) is 34.6. The van der Waals surface area contributed by atoms with E-state index in [1.807, 2.05) is 33.8 Å². The van der Waals surface area contributed by atoms with Crippen molar-refractivity contribution in [3.63, 3.8) is 0 Å². The Kier molecular flexibility index (Phi) is 11.3. The number of aliphatic hydroxyl groups is 9. The molecule has 7 fully saturated rings. The summed E-state index contributed by atoms with van der Waals surface area (Å²) in [5, 5.41) is 99.4. The first kappa shape index (κ1) is 43.3. The topological polar surface area (TPSA) is 232 Å². The molecule has 0 spiro atoms. The van der Waals surface area contributed by atoms with Gasteiger partial charge in [-0.2, -0.15) is 0 Å². The number of aliphatic hydroxyl groups excluding tert-OH is 9. The summed E-state index contributed by atoms with van der Waals surface area (Å²) in [6.45, 7) is 17.8. The Bertz CT molecular complexity index is 1470. The van der Waals surface area contributed by atoms with Crippen LogP contribution in [0.5, 0.6) is 0 Å². The molecule has 0 aromatic rings. The summed E-state index contributed by atoms with van der Waals surface area (Å²) < 4.78 is 30.9. The molecule has 56 heavy (non-hydrogen) atoms. The van der Waals surface area contributed by atoms with Crippen LogP contribution >= 0.6 is 0 Å². The fourth-order valence-electron chi connectivity index (χ4n) is 13.5. The number of hydrogen-bond donors (Lipinski definition) is 9. The molecule has 2 unspecified atom stereocenters. The molecule has 0 aromatic heterocycles. The quantitative estimate of drug-likeness (QED) is 0.0953. The Morgan fingerprint density at radius 1 is 0.804 bits per heavy atom. The van der Waals surface area contributed by atoms with Crippen LogP contribution in [0.4, 0.5) is 0 Å². The van der Waals surface area contributed by atoms with Crippen molar-refractivity contribution >= 4 is 0 Å². The highest BCUT2D eigenvalue weighted by Crippen LogP contribution is 2.76. The maximum absolute atomic E-state index is 12.3. The van der Waals surface area contributed by atoms with Crippen LogP contribution in [0.3, 0.4) is 0 Å². The van der Waals surface area contributed by atoms with Crippen molar-refractivity contribution in [1.29, 1.82) is 0 Å². The lowest BCUT2D eigenvalue weighted by atomic mass is 9.34. The van der Waals surface area contributed by atoms with Gasteiger partial charge in [0.2, 0.25) is 0 Å². The minimum absolute atomic E-state index is 0.0402. The average Bonchev–Trinajstić information content (AvgIpc) is 3.60. The molecule has 322 valence electrons. The molecule has 0 bridgehead atoms. The van der Waals surface area contributed by atoms with E-state index >= 15 is 0 Å². The van der Waals surface area contributed by atoms with Crippen LogP contribution in [0.1, 0.15) is 101 Å². The van der Waals surface area contributed by atoms with E-state index < -0.39 is 109 Å². The SMILES string of the molecule is C/C(=C\C(O)C1OC1(C)C)[C@H]1CC[C@]2(C)[C@@H]1[C@H](O)C[C@@H]1[C@@]3(C)CC[C@H](O)C(C)(C)[C@@H]3[C@@H](O[C@@H]3O[C@H](CO)[C@@H](O)[C@H](O)[C@H]3O[C@@H]3O[C@@H](C)[C@H](O)[C@@H](O)[C@H]3O)C[C@]12C.